The molecule has 1 fully saturated rings. The monoisotopic (exact) mass is 469 g/mol. The van der Waals surface area contributed by atoms with Gasteiger partial charge in [0.05, 0.1) is 29.4 Å². The van der Waals surface area contributed by atoms with Crippen LogP contribution >= 0.6 is 11.3 Å². The Hall–Kier alpha value is -3.20. The second-order valence-electron chi connectivity index (χ2n) is 8.45. The van der Waals surface area contributed by atoms with Gasteiger partial charge in [-0.2, -0.15) is 0 Å². The van der Waals surface area contributed by atoms with Gasteiger partial charge >= 0.3 is 5.97 Å². The van der Waals surface area contributed by atoms with Crippen LogP contribution < -0.4 is 15.6 Å². The Morgan fingerprint density at radius 3 is 2.82 bits per heavy atom. The van der Waals surface area contributed by atoms with Gasteiger partial charge in [0.15, 0.2) is 0 Å². The van der Waals surface area contributed by atoms with Gasteiger partial charge < -0.3 is 14.8 Å². The summed E-state index contributed by atoms with van der Waals surface area (Å²) >= 11 is 1.14. The van der Waals surface area contributed by atoms with Crippen molar-refractivity contribution in [2.45, 2.75) is 52.2 Å². The minimum atomic E-state index is -0.445. The summed E-state index contributed by atoms with van der Waals surface area (Å²) in [6, 6.07) is 7.10. The first-order valence-electron chi connectivity index (χ1n) is 11.0. The van der Waals surface area contributed by atoms with Crippen LogP contribution in [-0.2, 0) is 16.1 Å². The maximum absolute atomic E-state index is 13.1. The van der Waals surface area contributed by atoms with Crippen LogP contribution in [0.5, 0.6) is 5.75 Å². The summed E-state index contributed by atoms with van der Waals surface area (Å²) in [6.07, 6.45) is 5.15. The van der Waals surface area contributed by atoms with Gasteiger partial charge in [0.25, 0.3) is 11.5 Å². The molecule has 1 aliphatic carbocycles. The van der Waals surface area contributed by atoms with E-state index in [-0.39, 0.29) is 24.1 Å². The highest BCUT2D eigenvalue weighted by Gasteiger charge is 2.24. The molecule has 1 aromatic carbocycles. The molecule has 2 unspecified atom stereocenters. The molecule has 0 saturated heterocycles. The Morgan fingerprint density at radius 2 is 2.06 bits per heavy atom. The third kappa shape index (κ3) is 4.93. The second-order valence-corrected chi connectivity index (χ2v) is 9.45. The molecule has 0 spiro atoms. The number of benzene rings is 1. The van der Waals surface area contributed by atoms with Gasteiger partial charge in [-0.3, -0.25) is 19.0 Å². The van der Waals surface area contributed by atoms with Crippen molar-refractivity contribution in [2.24, 2.45) is 5.92 Å². The van der Waals surface area contributed by atoms with E-state index in [0.717, 1.165) is 37.0 Å². The Labute approximate surface area is 195 Å². The number of para-hydroxylation sites is 2. The van der Waals surface area contributed by atoms with Crippen molar-refractivity contribution in [3.8, 4) is 5.75 Å². The Kier molecular flexibility index (Phi) is 6.78. The Balaban J connectivity index is 1.54. The number of aromatic nitrogens is 2. The number of nitrogens with zero attached hydrogens (tertiary/aromatic N) is 2. The molecule has 2 aromatic heterocycles. The predicted molar refractivity (Wildman–Crippen MR) is 127 cm³/mol. The fourth-order valence-electron chi connectivity index (χ4n) is 4.26. The van der Waals surface area contributed by atoms with Gasteiger partial charge in [-0.1, -0.05) is 25.5 Å². The lowest BCUT2D eigenvalue weighted by Crippen LogP contribution is -2.30. The number of anilines is 1. The molecule has 1 saturated carbocycles. The van der Waals surface area contributed by atoms with Crippen molar-refractivity contribution in [2.75, 3.05) is 12.4 Å². The number of fused-ring (bicyclic) bond motifs is 1. The van der Waals surface area contributed by atoms with Crippen molar-refractivity contribution >= 4 is 39.1 Å². The van der Waals surface area contributed by atoms with E-state index in [9.17, 15) is 14.4 Å². The molecule has 4 rings (SSSR count). The van der Waals surface area contributed by atoms with Gasteiger partial charge in [0.1, 0.15) is 23.2 Å². The first kappa shape index (κ1) is 23.0. The molecule has 0 radical (unpaired) electrons. The summed E-state index contributed by atoms with van der Waals surface area (Å²) < 4.78 is 12.1. The van der Waals surface area contributed by atoms with E-state index >= 15 is 0 Å². The third-order valence-electron chi connectivity index (χ3n) is 5.96. The number of hydrogen-bond acceptors (Lipinski definition) is 7. The van der Waals surface area contributed by atoms with Crippen LogP contribution in [0.25, 0.3) is 10.2 Å². The highest BCUT2D eigenvalue weighted by Crippen LogP contribution is 2.30. The smallest absolute Gasteiger partial charge is 0.326 e. The van der Waals surface area contributed by atoms with Crippen LogP contribution in [0.3, 0.4) is 0 Å². The van der Waals surface area contributed by atoms with E-state index in [0.29, 0.717) is 38.0 Å². The highest BCUT2D eigenvalue weighted by molar-refractivity contribution is 7.20. The van der Waals surface area contributed by atoms with Gasteiger partial charge in [-0.05, 0) is 49.8 Å². The number of carbonyl (C=O) groups is 2. The molecule has 0 aliphatic heterocycles. The quantitative estimate of drug-likeness (QED) is 0.545. The number of esters is 1. The van der Waals surface area contributed by atoms with E-state index in [1.54, 1.807) is 25.1 Å². The number of nitrogens with one attached hydrogen (secondary N) is 1. The number of methoxy groups -OCH3 is 1. The molecule has 8 nitrogen and oxygen atoms in total. The molecule has 2 heterocycles. The summed E-state index contributed by atoms with van der Waals surface area (Å²) in [4.78, 5) is 43.6. The maximum atomic E-state index is 13.1. The molecule has 0 bridgehead atoms. The van der Waals surface area contributed by atoms with Crippen molar-refractivity contribution < 1.29 is 19.1 Å². The molecular formula is C24H27N3O5S. The summed E-state index contributed by atoms with van der Waals surface area (Å²) in [6.45, 7) is 3.67. The first-order chi connectivity index (χ1) is 15.9. The van der Waals surface area contributed by atoms with Gasteiger partial charge in [-0.15, -0.1) is 11.3 Å². The highest BCUT2D eigenvalue weighted by atomic mass is 32.1. The second kappa shape index (κ2) is 9.74. The molecule has 1 amide bonds. The van der Waals surface area contributed by atoms with E-state index in [1.807, 2.05) is 6.07 Å². The average Bonchev–Trinajstić information content (AvgIpc) is 3.13. The number of aryl methyl sites for hydroxylation is 1. The van der Waals surface area contributed by atoms with E-state index in [4.69, 9.17) is 9.47 Å². The van der Waals surface area contributed by atoms with Gasteiger partial charge in [0.2, 0.25) is 0 Å². The molecule has 3 aromatic rings. The lowest BCUT2D eigenvalue weighted by atomic mass is 9.89. The Morgan fingerprint density at radius 1 is 1.27 bits per heavy atom. The predicted octanol–water partition coefficient (Wildman–Crippen LogP) is 4.15. The maximum Gasteiger partial charge on any atom is 0.326 e. The van der Waals surface area contributed by atoms with Crippen LogP contribution in [0.1, 0.15) is 47.8 Å². The van der Waals surface area contributed by atoms with Gasteiger partial charge in [-0.25, -0.2) is 4.98 Å². The number of hydrogen-bond donors (Lipinski definition) is 1. The van der Waals surface area contributed by atoms with Crippen molar-refractivity contribution in [1.29, 1.82) is 0 Å². The zero-order valence-corrected chi connectivity index (χ0v) is 19.7. The van der Waals surface area contributed by atoms with Crippen molar-refractivity contribution in [3.63, 3.8) is 0 Å². The summed E-state index contributed by atoms with van der Waals surface area (Å²) in [5, 5.41) is 3.17. The SMILES string of the molecule is COc1ccccc1NC(=O)c1sc2ncn(CC(=O)OC3CCCC(C)C3)c(=O)c2c1C. The van der Waals surface area contributed by atoms with Crippen molar-refractivity contribution in [3.05, 3.63) is 51.4 Å². The zero-order chi connectivity index (χ0) is 23.5. The molecule has 9 heteroatoms. The summed E-state index contributed by atoms with van der Waals surface area (Å²) in [5.41, 5.74) is 0.703. The third-order valence-corrected chi connectivity index (χ3v) is 7.16. The van der Waals surface area contributed by atoms with E-state index < -0.39 is 5.97 Å². The van der Waals surface area contributed by atoms with Crippen LogP contribution in [0.2, 0.25) is 0 Å². The molecule has 1 N–H and O–H groups in total. The molecule has 2 atom stereocenters. The normalized spacial score (nSPS) is 18.2. The largest absolute Gasteiger partial charge is 0.495 e. The molecule has 1 aliphatic rings. The average molecular weight is 470 g/mol. The van der Waals surface area contributed by atoms with E-state index in [2.05, 4.69) is 17.2 Å². The van der Waals surface area contributed by atoms with Crippen LogP contribution in [-0.4, -0.2) is 34.6 Å². The number of thiophene rings is 1. The molecule has 174 valence electrons. The lowest BCUT2D eigenvalue weighted by Gasteiger charge is -2.26. The molecule has 33 heavy (non-hydrogen) atoms. The number of amides is 1. The fraction of sp³-hybridized carbons (Fsp3) is 0.417. The number of rotatable bonds is 6. The molecular weight excluding hydrogens is 442 g/mol. The minimum Gasteiger partial charge on any atom is -0.495 e. The minimum absolute atomic E-state index is 0.0956. The fourth-order valence-corrected chi connectivity index (χ4v) is 5.30. The number of carbonyl (C=O) groups excluding carboxylic acids is 2. The number of ether oxygens (including phenoxy) is 2. The van der Waals surface area contributed by atoms with E-state index in [1.165, 1.54) is 18.0 Å². The van der Waals surface area contributed by atoms with Crippen molar-refractivity contribution in [1.82, 2.24) is 9.55 Å². The van der Waals surface area contributed by atoms with Crippen LogP contribution in [0, 0.1) is 12.8 Å². The topological polar surface area (TPSA) is 99.5 Å². The van der Waals surface area contributed by atoms with Crippen LogP contribution in [0.4, 0.5) is 5.69 Å². The van der Waals surface area contributed by atoms with Crippen LogP contribution in [0.15, 0.2) is 35.4 Å². The van der Waals surface area contributed by atoms with Gasteiger partial charge in [0, 0.05) is 0 Å². The standard InChI is InChI=1S/C24H27N3O5S/c1-14-7-6-8-16(11-14)32-19(28)12-27-13-25-23-20(24(27)30)15(2)21(33-23)22(29)26-17-9-4-5-10-18(17)31-3/h4-5,9-10,13-14,16H,6-8,11-12H2,1-3H3,(H,26,29). The summed E-state index contributed by atoms with van der Waals surface area (Å²) in [7, 11) is 1.53. The summed E-state index contributed by atoms with van der Waals surface area (Å²) in [5.74, 6) is 0.276. The lowest BCUT2D eigenvalue weighted by molar-refractivity contribution is -0.152. The Bertz CT molecular complexity index is 1250. The zero-order valence-electron chi connectivity index (χ0n) is 18.9. The first-order valence-corrected chi connectivity index (χ1v) is 11.8.